The van der Waals surface area contributed by atoms with Crippen molar-refractivity contribution in [2.75, 3.05) is 13.7 Å². The minimum atomic E-state index is -0.346. The largest absolute Gasteiger partial charge is 0.494 e. The number of esters is 1. The third-order valence-electron chi connectivity index (χ3n) is 3.78. The smallest absolute Gasteiger partial charge is 0.312 e. The molecule has 0 amide bonds. The zero-order valence-corrected chi connectivity index (χ0v) is 15.0. The van der Waals surface area contributed by atoms with Crippen LogP contribution in [0.25, 0.3) is 5.65 Å². The Labute approximate surface area is 151 Å². The van der Waals surface area contributed by atoms with E-state index < -0.39 is 0 Å². The van der Waals surface area contributed by atoms with Crippen LogP contribution in [0.15, 0.2) is 52.8 Å². The Morgan fingerprint density at radius 2 is 2.04 bits per heavy atom. The van der Waals surface area contributed by atoms with Gasteiger partial charge in [-0.2, -0.15) is 0 Å². The molecule has 7 nitrogen and oxygen atoms in total. The van der Waals surface area contributed by atoms with Crippen molar-refractivity contribution in [2.45, 2.75) is 20.3 Å². The topological polar surface area (TPSA) is 77.5 Å². The summed E-state index contributed by atoms with van der Waals surface area (Å²) in [4.78, 5) is 16.4. The Morgan fingerprint density at radius 3 is 2.81 bits per heavy atom. The first-order chi connectivity index (χ1) is 12.6. The zero-order chi connectivity index (χ0) is 18.5. The van der Waals surface area contributed by atoms with Gasteiger partial charge in [0.1, 0.15) is 17.1 Å². The standard InChI is InChI=1S/C19H20N4O3/c1-4-26-18(24)12-15-19(23-10-9-13(2)11-17(23)20-15)22-21-14-7-5-6-8-16(14)25-3/h5-11H,4,12H2,1-3H3. The van der Waals surface area contributed by atoms with Crippen molar-refractivity contribution in [1.29, 1.82) is 0 Å². The number of ether oxygens (including phenoxy) is 2. The lowest BCUT2D eigenvalue weighted by Crippen LogP contribution is -2.07. The number of imidazole rings is 1. The number of para-hydroxylation sites is 1. The molecule has 0 fully saturated rings. The third kappa shape index (κ3) is 3.72. The molecule has 3 rings (SSSR count). The number of carbonyl (C=O) groups is 1. The van der Waals surface area contributed by atoms with Crippen LogP contribution in [-0.4, -0.2) is 29.1 Å². The number of methoxy groups -OCH3 is 1. The highest BCUT2D eigenvalue weighted by atomic mass is 16.5. The number of fused-ring (bicyclic) bond motifs is 1. The molecule has 0 aliphatic carbocycles. The Hall–Kier alpha value is -3.22. The van der Waals surface area contributed by atoms with Gasteiger partial charge >= 0.3 is 5.97 Å². The molecule has 3 aromatic rings. The number of hydrogen-bond acceptors (Lipinski definition) is 6. The van der Waals surface area contributed by atoms with Gasteiger partial charge in [-0.3, -0.25) is 9.20 Å². The minimum absolute atomic E-state index is 0.0366. The molecule has 0 bridgehead atoms. The number of hydrogen-bond donors (Lipinski definition) is 0. The van der Waals surface area contributed by atoms with Crippen LogP contribution in [0.1, 0.15) is 18.2 Å². The van der Waals surface area contributed by atoms with Gasteiger partial charge in [-0.05, 0) is 43.7 Å². The van der Waals surface area contributed by atoms with Crippen LogP contribution < -0.4 is 4.74 Å². The molecule has 7 heteroatoms. The molecule has 0 atom stereocenters. The SMILES string of the molecule is CCOC(=O)Cc1nc2cc(C)ccn2c1N=Nc1ccccc1OC. The summed E-state index contributed by atoms with van der Waals surface area (Å²) in [5, 5.41) is 8.65. The van der Waals surface area contributed by atoms with Gasteiger partial charge in [0, 0.05) is 6.20 Å². The molecule has 0 N–H and O–H groups in total. The first kappa shape index (κ1) is 17.6. The number of carbonyl (C=O) groups excluding carboxylic acids is 1. The lowest BCUT2D eigenvalue weighted by molar-refractivity contribution is -0.142. The summed E-state index contributed by atoms with van der Waals surface area (Å²) in [5.41, 5.74) is 2.89. The minimum Gasteiger partial charge on any atom is -0.494 e. The average molecular weight is 352 g/mol. The van der Waals surface area contributed by atoms with Gasteiger partial charge in [-0.25, -0.2) is 4.98 Å². The van der Waals surface area contributed by atoms with E-state index in [9.17, 15) is 4.79 Å². The molecule has 2 heterocycles. The van der Waals surface area contributed by atoms with Crippen molar-refractivity contribution < 1.29 is 14.3 Å². The lowest BCUT2D eigenvalue weighted by Gasteiger charge is -2.03. The van der Waals surface area contributed by atoms with E-state index in [0.29, 0.717) is 35.2 Å². The van der Waals surface area contributed by atoms with Crippen molar-refractivity contribution in [2.24, 2.45) is 10.2 Å². The van der Waals surface area contributed by atoms with Crippen molar-refractivity contribution in [3.8, 4) is 5.75 Å². The molecule has 0 aliphatic rings. The average Bonchev–Trinajstić information content (AvgIpc) is 2.96. The molecule has 0 unspecified atom stereocenters. The summed E-state index contributed by atoms with van der Waals surface area (Å²) >= 11 is 0. The monoisotopic (exact) mass is 352 g/mol. The number of aryl methyl sites for hydroxylation is 1. The van der Waals surface area contributed by atoms with E-state index in [2.05, 4.69) is 15.2 Å². The summed E-state index contributed by atoms with van der Waals surface area (Å²) in [5.74, 6) is 0.771. The van der Waals surface area contributed by atoms with Gasteiger partial charge in [0.05, 0.1) is 25.8 Å². The first-order valence-corrected chi connectivity index (χ1v) is 8.30. The number of nitrogens with zero attached hydrogens (tertiary/aromatic N) is 4. The van der Waals surface area contributed by atoms with Crippen LogP contribution in [0.4, 0.5) is 11.5 Å². The van der Waals surface area contributed by atoms with E-state index >= 15 is 0 Å². The maximum absolute atomic E-state index is 11.9. The number of rotatable bonds is 6. The number of benzene rings is 1. The van der Waals surface area contributed by atoms with Crippen LogP contribution in [0.3, 0.4) is 0 Å². The molecule has 134 valence electrons. The van der Waals surface area contributed by atoms with Gasteiger partial charge in [-0.1, -0.05) is 12.1 Å². The molecule has 0 radical (unpaired) electrons. The lowest BCUT2D eigenvalue weighted by atomic mass is 10.3. The van der Waals surface area contributed by atoms with Crippen molar-refractivity contribution in [1.82, 2.24) is 9.38 Å². The number of pyridine rings is 1. The predicted octanol–water partition coefficient (Wildman–Crippen LogP) is 4.17. The second kappa shape index (κ2) is 7.77. The van der Waals surface area contributed by atoms with E-state index in [4.69, 9.17) is 9.47 Å². The molecule has 0 spiro atoms. The molecular formula is C19H20N4O3. The van der Waals surface area contributed by atoms with Crippen LogP contribution in [-0.2, 0) is 16.0 Å². The molecule has 2 aromatic heterocycles. The van der Waals surface area contributed by atoms with Crippen molar-refractivity contribution in [3.05, 3.63) is 53.9 Å². The fourth-order valence-corrected chi connectivity index (χ4v) is 2.57. The molecule has 1 aromatic carbocycles. The van der Waals surface area contributed by atoms with E-state index in [-0.39, 0.29) is 12.4 Å². The molecule has 26 heavy (non-hydrogen) atoms. The van der Waals surface area contributed by atoms with Crippen LogP contribution in [0.2, 0.25) is 0 Å². The third-order valence-corrected chi connectivity index (χ3v) is 3.78. The summed E-state index contributed by atoms with van der Waals surface area (Å²) < 4.78 is 12.1. The van der Waals surface area contributed by atoms with Gasteiger partial charge in [-0.15, -0.1) is 10.2 Å². The Morgan fingerprint density at radius 1 is 1.23 bits per heavy atom. The van der Waals surface area contributed by atoms with Gasteiger partial charge < -0.3 is 9.47 Å². The highest BCUT2D eigenvalue weighted by molar-refractivity contribution is 5.74. The second-order valence-corrected chi connectivity index (χ2v) is 5.67. The van der Waals surface area contributed by atoms with Crippen LogP contribution in [0, 0.1) is 6.92 Å². The predicted molar refractivity (Wildman–Crippen MR) is 97.4 cm³/mol. The van der Waals surface area contributed by atoms with Gasteiger partial charge in [0.25, 0.3) is 0 Å². The maximum Gasteiger partial charge on any atom is 0.312 e. The zero-order valence-electron chi connectivity index (χ0n) is 15.0. The Balaban J connectivity index is 2.04. The Kier molecular flexibility index (Phi) is 5.26. The van der Waals surface area contributed by atoms with Crippen LogP contribution in [0.5, 0.6) is 5.75 Å². The van der Waals surface area contributed by atoms with E-state index in [1.807, 2.05) is 43.5 Å². The summed E-state index contributed by atoms with van der Waals surface area (Å²) in [6.45, 7) is 4.08. The summed E-state index contributed by atoms with van der Waals surface area (Å²) in [6, 6.07) is 11.2. The first-order valence-electron chi connectivity index (χ1n) is 8.30. The Bertz CT molecular complexity index is 963. The highest BCUT2D eigenvalue weighted by Crippen LogP contribution is 2.30. The molecule has 0 saturated carbocycles. The van der Waals surface area contributed by atoms with Gasteiger partial charge in [0.15, 0.2) is 5.82 Å². The van der Waals surface area contributed by atoms with Gasteiger partial charge in [0.2, 0.25) is 0 Å². The number of azo groups is 1. The normalized spacial score (nSPS) is 11.2. The van der Waals surface area contributed by atoms with E-state index in [1.54, 1.807) is 24.5 Å². The highest BCUT2D eigenvalue weighted by Gasteiger charge is 2.16. The molecule has 0 saturated heterocycles. The quantitative estimate of drug-likeness (QED) is 0.493. The van der Waals surface area contributed by atoms with E-state index in [0.717, 1.165) is 5.56 Å². The van der Waals surface area contributed by atoms with E-state index in [1.165, 1.54) is 0 Å². The summed E-state index contributed by atoms with van der Waals surface area (Å²) in [7, 11) is 1.58. The fourth-order valence-electron chi connectivity index (χ4n) is 2.57. The number of aromatic nitrogens is 2. The molecular weight excluding hydrogens is 332 g/mol. The molecule has 0 aliphatic heterocycles. The fraction of sp³-hybridized carbons (Fsp3) is 0.263. The maximum atomic E-state index is 11.9. The van der Waals surface area contributed by atoms with Crippen LogP contribution >= 0.6 is 0 Å². The van der Waals surface area contributed by atoms with Crippen molar-refractivity contribution >= 4 is 23.1 Å². The van der Waals surface area contributed by atoms with Crippen molar-refractivity contribution in [3.63, 3.8) is 0 Å². The second-order valence-electron chi connectivity index (χ2n) is 5.67. The summed E-state index contributed by atoms with van der Waals surface area (Å²) in [6.07, 6.45) is 1.90.